The molecule has 140 valence electrons. The van der Waals surface area contributed by atoms with E-state index in [0.29, 0.717) is 11.7 Å². The van der Waals surface area contributed by atoms with Gasteiger partial charge in [0.15, 0.2) is 0 Å². The standard InChI is InChI=1S/C21H28N2O2S/c1-3-12-23(13-4-2)20-15-17-10-11-19(14-18(17)16-20)22-26(24,25)21-8-6-5-7-9-21/h5-11,14,20,22H,3-4,12-13,15-16H2,1-2H3. The van der Waals surface area contributed by atoms with Crippen LogP contribution in [0, 0.1) is 0 Å². The van der Waals surface area contributed by atoms with Crippen molar-refractivity contribution in [2.45, 2.75) is 50.5 Å². The lowest BCUT2D eigenvalue weighted by molar-refractivity contribution is 0.202. The van der Waals surface area contributed by atoms with E-state index in [4.69, 9.17) is 0 Å². The first kappa shape index (κ1) is 18.9. The molecule has 26 heavy (non-hydrogen) atoms. The Kier molecular flexibility index (Phi) is 5.99. The van der Waals surface area contributed by atoms with Crippen LogP contribution in [-0.2, 0) is 22.9 Å². The van der Waals surface area contributed by atoms with Gasteiger partial charge in [-0.25, -0.2) is 8.42 Å². The number of sulfonamides is 1. The third-order valence-electron chi connectivity index (χ3n) is 4.96. The Morgan fingerprint density at radius 3 is 2.27 bits per heavy atom. The fourth-order valence-electron chi connectivity index (χ4n) is 3.78. The first-order valence-electron chi connectivity index (χ1n) is 9.47. The van der Waals surface area contributed by atoms with Gasteiger partial charge in [0.25, 0.3) is 10.0 Å². The molecule has 1 aliphatic carbocycles. The zero-order valence-electron chi connectivity index (χ0n) is 15.6. The van der Waals surface area contributed by atoms with Crippen LogP contribution in [0.4, 0.5) is 5.69 Å². The summed E-state index contributed by atoms with van der Waals surface area (Å²) in [6, 6.07) is 15.0. The van der Waals surface area contributed by atoms with Crippen LogP contribution in [-0.4, -0.2) is 32.4 Å². The summed E-state index contributed by atoms with van der Waals surface area (Å²) in [5.41, 5.74) is 3.25. The molecule has 0 saturated heterocycles. The Labute approximate surface area is 157 Å². The van der Waals surface area contributed by atoms with Crippen LogP contribution < -0.4 is 4.72 Å². The summed E-state index contributed by atoms with van der Waals surface area (Å²) in [5, 5.41) is 0. The summed E-state index contributed by atoms with van der Waals surface area (Å²) in [7, 11) is -3.54. The summed E-state index contributed by atoms with van der Waals surface area (Å²) in [6.45, 7) is 6.70. The molecule has 1 unspecified atom stereocenters. The molecule has 0 bridgehead atoms. The Morgan fingerprint density at radius 1 is 0.962 bits per heavy atom. The van der Waals surface area contributed by atoms with Gasteiger partial charge in [0.05, 0.1) is 4.90 Å². The molecule has 1 aliphatic rings. The average molecular weight is 373 g/mol. The molecule has 0 heterocycles. The van der Waals surface area contributed by atoms with Gasteiger partial charge in [-0.3, -0.25) is 9.62 Å². The summed E-state index contributed by atoms with van der Waals surface area (Å²) in [6.07, 6.45) is 4.38. The van der Waals surface area contributed by atoms with E-state index in [1.807, 2.05) is 18.2 Å². The predicted molar refractivity (Wildman–Crippen MR) is 107 cm³/mol. The summed E-state index contributed by atoms with van der Waals surface area (Å²) < 4.78 is 27.8. The Morgan fingerprint density at radius 2 is 1.62 bits per heavy atom. The van der Waals surface area contributed by atoms with Crippen LogP contribution >= 0.6 is 0 Å². The highest BCUT2D eigenvalue weighted by atomic mass is 32.2. The molecular weight excluding hydrogens is 344 g/mol. The van der Waals surface area contributed by atoms with Crippen molar-refractivity contribution in [2.75, 3.05) is 17.8 Å². The number of nitrogens with zero attached hydrogens (tertiary/aromatic N) is 1. The van der Waals surface area contributed by atoms with Crippen molar-refractivity contribution >= 4 is 15.7 Å². The van der Waals surface area contributed by atoms with Gasteiger partial charge in [-0.05, 0) is 74.2 Å². The van der Waals surface area contributed by atoms with E-state index in [-0.39, 0.29) is 4.90 Å². The first-order valence-corrected chi connectivity index (χ1v) is 11.0. The Balaban J connectivity index is 1.75. The van der Waals surface area contributed by atoms with E-state index in [1.165, 1.54) is 11.1 Å². The molecule has 0 saturated carbocycles. The van der Waals surface area contributed by atoms with Crippen LogP contribution in [0.3, 0.4) is 0 Å². The normalized spacial score (nSPS) is 16.7. The van der Waals surface area contributed by atoms with Crippen LogP contribution in [0.5, 0.6) is 0 Å². The van der Waals surface area contributed by atoms with E-state index >= 15 is 0 Å². The van der Waals surface area contributed by atoms with Crippen molar-refractivity contribution in [3.05, 3.63) is 59.7 Å². The van der Waals surface area contributed by atoms with E-state index < -0.39 is 10.0 Å². The second-order valence-electron chi connectivity index (χ2n) is 7.00. The zero-order chi connectivity index (χ0) is 18.6. The lowest BCUT2D eigenvalue weighted by Gasteiger charge is -2.27. The van der Waals surface area contributed by atoms with Gasteiger partial charge in [-0.1, -0.05) is 38.1 Å². The van der Waals surface area contributed by atoms with Crippen LogP contribution in [0.2, 0.25) is 0 Å². The van der Waals surface area contributed by atoms with Crippen molar-refractivity contribution in [3.8, 4) is 0 Å². The number of benzene rings is 2. The highest BCUT2D eigenvalue weighted by Gasteiger charge is 2.26. The SMILES string of the molecule is CCCN(CCC)C1Cc2ccc(NS(=O)(=O)c3ccccc3)cc2C1. The van der Waals surface area contributed by atoms with E-state index in [2.05, 4.69) is 29.5 Å². The van der Waals surface area contributed by atoms with Crippen molar-refractivity contribution < 1.29 is 8.42 Å². The van der Waals surface area contributed by atoms with Crippen molar-refractivity contribution in [3.63, 3.8) is 0 Å². The van der Waals surface area contributed by atoms with E-state index in [0.717, 1.165) is 38.8 Å². The molecule has 0 aromatic heterocycles. The molecule has 3 rings (SSSR count). The van der Waals surface area contributed by atoms with Crippen LogP contribution in [0.25, 0.3) is 0 Å². The number of anilines is 1. The van der Waals surface area contributed by atoms with Gasteiger partial charge in [-0.15, -0.1) is 0 Å². The monoisotopic (exact) mass is 372 g/mol. The topological polar surface area (TPSA) is 49.4 Å². The van der Waals surface area contributed by atoms with Gasteiger partial charge in [0, 0.05) is 11.7 Å². The highest BCUT2D eigenvalue weighted by Crippen LogP contribution is 2.29. The summed E-state index contributed by atoms with van der Waals surface area (Å²) >= 11 is 0. The summed E-state index contributed by atoms with van der Waals surface area (Å²) in [4.78, 5) is 2.86. The fraction of sp³-hybridized carbons (Fsp3) is 0.429. The number of hydrogen-bond acceptors (Lipinski definition) is 3. The third kappa shape index (κ3) is 4.27. The van der Waals surface area contributed by atoms with Gasteiger partial charge < -0.3 is 0 Å². The van der Waals surface area contributed by atoms with Crippen molar-refractivity contribution in [1.29, 1.82) is 0 Å². The predicted octanol–water partition coefficient (Wildman–Crippen LogP) is 4.08. The Hall–Kier alpha value is -1.85. The summed E-state index contributed by atoms with van der Waals surface area (Å²) in [5.74, 6) is 0. The fourth-order valence-corrected chi connectivity index (χ4v) is 4.85. The first-order chi connectivity index (χ1) is 12.5. The maximum atomic E-state index is 12.5. The third-order valence-corrected chi connectivity index (χ3v) is 6.36. The lowest BCUT2D eigenvalue weighted by Crippen LogP contribution is -2.37. The molecule has 2 aromatic rings. The number of nitrogens with one attached hydrogen (secondary N) is 1. The van der Waals surface area contributed by atoms with Gasteiger partial charge in [0.2, 0.25) is 0 Å². The molecule has 1 atom stereocenters. The molecule has 1 N–H and O–H groups in total. The highest BCUT2D eigenvalue weighted by molar-refractivity contribution is 7.92. The number of fused-ring (bicyclic) bond motifs is 1. The van der Waals surface area contributed by atoms with Crippen LogP contribution in [0.15, 0.2) is 53.4 Å². The Bertz CT molecular complexity index is 828. The minimum absolute atomic E-state index is 0.287. The largest absolute Gasteiger partial charge is 0.300 e. The molecule has 0 aliphatic heterocycles. The van der Waals surface area contributed by atoms with Gasteiger partial charge >= 0.3 is 0 Å². The van der Waals surface area contributed by atoms with Crippen LogP contribution in [0.1, 0.15) is 37.8 Å². The van der Waals surface area contributed by atoms with Crippen molar-refractivity contribution in [1.82, 2.24) is 4.90 Å². The molecule has 2 aromatic carbocycles. The minimum Gasteiger partial charge on any atom is -0.300 e. The molecule has 0 radical (unpaired) electrons. The second-order valence-corrected chi connectivity index (χ2v) is 8.68. The van der Waals surface area contributed by atoms with Gasteiger partial charge in [0.1, 0.15) is 0 Å². The maximum absolute atomic E-state index is 12.5. The van der Waals surface area contributed by atoms with E-state index in [9.17, 15) is 8.42 Å². The quantitative estimate of drug-likeness (QED) is 0.760. The maximum Gasteiger partial charge on any atom is 0.261 e. The molecular formula is C21H28N2O2S. The minimum atomic E-state index is -3.54. The zero-order valence-corrected chi connectivity index (χ0v) is 16.4. The average Bonchev–Trinajstić information content (AvgIpc) is 3.05. The number of rotatable bonds is 8. The molecule has 0 amide bonds. The number of hydrogen-bond donors (Lipinski definition) is 1. The molecule has 0 spiro atoms. The van der Waals surface area contributed by atoms with E-state index in [1.54, 1.807) is 24.3 Å². The van der Waals surface area contributed by atoms with Gasteiger partial charge in [-0.2, -0.15) is 0 Å². The van der Waals surface area contributed by atoms with Crippen molar-refractivity contribution in [2.24, 2.45) is 0 Å². The lowest BCUT2D eigenvalue weighted by atomic mass is 10.1. The smallest absolute Gasteiger partial charge is 0.261 e. The second kappa shape index (κ2) is 8.23. The molecule has 5 heteroatoms. The molecule has 4 nitrogen and oxygen atoms in total. The molecule has 0 fully saturated rings.